The molecular formula is C17H13NO3. The molecule has 0 aromatic heterocycles. The van der Waals surface area contributed by atoms with Crippen molar-refractivity contribution in [1.82, 2.24) is 0 Å². The van der Waals surface area contributed by atoms with E-state index in [2.05, 4.69) is 6.07 Å². The lowest BCUT2D eigenvalue weighted by Crippen LogP contribution is -2.09. The Labute approximate surface area is 122 Å². The predicted octanol–water partition coefficient (Wildman–Crippen LogP) is 3.21. The lowest BCUT2D eigenvalue weighted by atomic mass is 10.0. The van der Waals surface area contributed by atoms with Crippen LogP contribution < -0.4 is 4.74 Å². The predicted molar refractivity (Wildman–Crippen MR) is 79.5 cm³/mol. The molecule has 2 aromatic rings. The number of hydrogen-bond acceptors (Lipinski definition) is 3. The second-order valence-electron chi connectivity index (χ2n) is 4.29. The average Bonchev–Trinajstić information content (AvgIpc) is 2.52. The third-order valence-electron chi connectivity index (χ3n) is 2.76. The normalized spacial score (nSPS) is 10.7. The number of benzene rings is 2. The van der Waals surface area contributed by atoms with Gasteiger partial charge in [0.05, 0.1) is 11.6 Å². The minimum absolute atomic E-state index is 0.385. The number of nitriles is 1. The van der Waals surface area contributed by atoms with Crippen molar-refractivity contribution < 1.29 is 14.6 Å². The second-order valence-corrected chi connectivity index (χ2v) is 4.29. The van der Waals surface area contributed by atoms with Crippen molar-refractivity contribution in [3.63, 3.8) is 0 Å². The van der Waals surface area contributed by atoms with Crippen LogP contribution in [0.4, 0.5) is 0 Å². The second kappa shape index (κ2) is 6.92. The third-order valence-corrected chi connectivity index (χ3v) is 2.76. The van der Waals surface area contributed by atoms with E-state index in [1.807, 2.05) is 30.3 Å². The molecule has 2 aromatic carbocycles. The zero-order valence-corrected chi connectivity index (χ0v) is 11.2. The fourth-order valence-electron chi connectivity index (χ4n) is 1.77. The standard InChI is InChI=1S/C17H13NO3/c18-11-15(10-13-4-2-1-3-5-13)14-6-8-16(9-7-14)21-12-17(19)20/h1-10H,12H2,(H,19,20)/b15-10+. The molecule has 0 radical (unpaired) electrons. The first-order valence-corrected chi connectivity index (χ1v) is 6.31. The van der Waals surface area contributed by atoms with Gasteiger partial charge in [-0.05, 0) is 41.5 Å². The summed E-state index contributed by atoms with van der Waals surface area (Å²) in [6.45, 7) is -0.385. The first-order valence-electron chi connectivity index (χ1n) is 6.31. The monoisotopic (exact) mass is 279 g/mol. The van der Waals surface area contributed by atoms with E-state index in [1.165, 1.54) is 0 Å². The lowest BCUT2D eigenvalue weighted by Gasteiger charge is -2.04. The lowest BCUT2D eigenvalue weighted by molar-refractivity contribution is -0.139. The molecule has 1 N–H and O–H groups in total. The maximum atomic E-state index is 10.4. The van der Waals surface area contributed by atoms with Gasteiger partial charge >= 0.3 is 5.97 Å². The smallest absolute Gasteiger partial charge is 0.341 e. The summed E-state index contributed by atoms with van der Waals surface area (Å²) in [4.78, 5) is 10.4. The highest BCUT2D eigenvalue weighted by Gasteiger charge is 2.03. The summed E-state index contributed by atoms with van der Waals surface area (Å²) < 4.78 is 5.05. The van der Waals surface area contributed by atoms with Crippen LogP contribution in [0.1, 0.15) is 11.1 Å². The molecule has 0 aliphatic rings. The van der Waals surface area contributed by atoms with Crippen LogP contribution in [0.15, 0.2) is 54.6 Å². The molecule has 0 fully saturated rings. The van der Waals surface area contributed by atoms with Gasteiger partial charge in [0.25, 0.3) is 0 Å². The van der Waals surface area contributed by atoms with Crippen LogP contribution in [0, 0.1) is 11.3 Å². The molecule has 0 unspecified atom stereocenters. The number of carboxylic acids is 1. The maximum absolute atomic E-state index is 10.4. The topological polar surface area (TPSA) is 70.3 Å². The number of allylic oxidation sites excluding steroid dienone is 1. The van der Waals surface area contributed by atoms with E-state index in [-0.39, 0.29) is 6.61 Å². The minimum Gasteiger partial charge on any atom is -0.482 e. The van der Waals surface area contributed by atoms with Crippen LogP contribution in [-0.4, -0.2) is 17.7 Å². The molecule has 0 aliphatic carbocycles. The number of carboxylic acid groups (broad SMARTS) is 1. The summed E-state index contributed by atoms with van der Waals surface area (Å²) in [6.07, 6.45) is 1.80. The molecule has 0 saturated carbocycles. The number of aliphatic carboxylic acids is 1. The van der Waals surface area contributed by atoms with Crippen molar-refractivity contribution in [2.75, 3.05) is 6.61 Å². The van der Waals surface area contributed by atoms with Crippen LogP contribution in [-0.2, 0) is 4.79 Å². The highest BCUT2D eigenvalue weighted by atomic mass is 16.5. The molecule has 104 valence electrons. The van der Waals surface area contributed by atoms with E-state index < -0.39 is 5.97 Å². The molecular weight excluding hydrogens is 266 g/mol. The third kappa shape index (κ3) is 4.22. The Bertz CT molecular complexity index is 682. The number of carbonyl (C=O) groups is 1. The molecule has 4 nitrogen and oxygen atoms in total. The van der Waals surface area contributed by atoms with Crippen LogP contribution >= 0.6 is 0 Å². The number of nitrogens with zero attached hydrogens (tertiary/aromatic N) is 1. The highest BCUT2D eigenvalue weighted by molar-refractivity contribution is 5.89. The van der Waals surface area contributed by atoms with Crippen molar-refractivity contribution in [2.45, 2.75) is 0 Å². The van der Waals surface area contributed by atoms with E-state index >= 15 is 0 Å². The minimum atomic E-state index is -1.03. The van der Waals surface area contributed by atoms with Gasteiger partial charge in [0.1, 0.15) is 5.75 Å². The molecule has 0 bridgehead atoms. The zero-order chi connectivity index (χ0) is 15.1. The molecule has 0 spiro atoms. The molecule has 0 heterocycles. The first-order chi connectivity index (χ1) is 10.2. The van der Waals surface area contributed by atoms with Crippen molar-refractivity contribution in [2.24, 2.45) is 0 Å². The van der Waals surface area contributed by atoms with Gasteiger partial charge in [0, 0.05) is 0 Å². The van der Waals surface area contributed by atoms with Crippen molar-refractivity contribution in [3.05, 3.63) is 65.7 Å². The largest absolute Gasteiger partial charge is 0.482 e. The Kier molecular flexibility index (Phi) is 4.73. The summed E-state index contributed by atoms with van der Waals surface area (Å²) in [5.74, 6) is -0.570. The van der Waals surface area contributed by atoms with E-state index in [1.54, 1.807) is 30.3 Å². The Morgan fingerprint density at radius 3 is 2.38 bits per heavy atom. The Morgan fingerprint density at radius 1 is 1.14 bits per heavy atom. The Balaban J connectivity index is 2.18. The van der Waals surface area contributed by atoms with Gasteiger partial charge in [-0.1, -0.05) is 30.3 Å². The van der Waals surface area contributed by atoms with Gasteiger partial charge in [-0.15, -0.1) is 0 Å². The molecule has 2 rings (SSSR count). The van der Waals surface area contributed by atoms with Crippen molar-refractivity contribution in [3.8, 4) is 11.8 Å². The number of hydrogen-bond donors (Lipinski definition) is 1. The van der Waals surface area contributed by atoms with Gasteiger partial charge in [0.15, 0.2) is 6.61 Å². The zero-order valence-electron chi connectivity index (χ0n) is 11.2. The van der Waals surface area contributed by atoms with E-state index in [0.717, 1.165) is 11.1 Å². The van der Waals surface area contributed by atoms with Crippen LogP contribution in [0.5, 0.6) is 5.75 Å². The molecule has 4 heteroatoms. The number of rotatable bonds is 5. The Morgan fingerprint density at radius 2 is 1.81 bits per heavy atom. The number of ether oxygens (including phenoxy) is 1. The van der Waals surface area contributed by atoms with E-state index in [0.29, 0.717) is 11.3 Å². The quantitative estimate of drug-likeness (QED) is 0.674. The molecule has 0 aliphatic heterocycles. The SMILES string of the molecule is N#C/C(=C\c1ccccc1)c1ccc(OCC(=O)O)cc1. The summed E-state index contributed by atoms with van der Waals surface area (Å²) in [5, 5.41) is 17.8. The summed E-state index contributed by atoms with van der Waals surface area (Å²) in [5.41, 5.74) is 2.23. The van der Waals surface area contributed by atoms with Crippen LogP contribution in [0.2, 0.25) is 0 Å². The fourth-order valence-corrected chi connectivity index (χ4v) is 1.77. The molecule has 21 heavy (non-hydrogen) atoms. The van der Waals surface area contributed by atoms with Gasteiger partial charge in [-0.2, -0.15) is 5.26 Å². The van der Waals surface area contributed by atoms with Crippen LogP contribution in [0.3, 0.4) is 0 Å². The highest BCUT2D eigenvalue weighted by Crippen LogP contribution is 2.20. The van der Waals surface area contributed by atoms with Crippen molar-refractivity contribution >= 4 is 17.6 Å². The maximum Gasteiger partial charge on any atom is 0.341 e. The van der Waals surface area contributed by atoms with Gasteiger partial charge in [0.2, 0.25) is 0 Å². The average molecular weight is 279 g/mol. The van der Waals surface area contributed by atoms with Gasteiger partial charge < -0.3 is 9.84 Å². The first kappa shape index (κ1) is 14.4. The van der Waals surface area contributed by atoms with Gasteiger partial charge in [-0.25, -0.2) is 4.79 Å². The molecule has 0 saturated heterocycles. The van der Waals surface area contributed by atoms with Gasteiger partial charge in [-0.3, -0.25) is 0 Å². The van der Waals surface area contributed by atoms with E-state index in [4.69, 9.17) is 9.84 Å². The van der Waals surface area contributed by atoms with Crippen molar-refractivity contribution in [1.29, 1.82) is 5.26 Å². The molecule has 0 amide bonds. The van der Waals surface area contributed by atoms with E-state index in [9.17, 15) is 10.1 Å². The fraction of sp³-hybridized carbons (Fsp3) is 0.0588. The summed E-state index contributed by atoms with van der Waals surface area (Å²) in [6, 6.07) is 18.5. The van der Waals surface area contributed by atoms with Crippen LogP contribution in [0.25, 0.3) is 11.6 Å². The summed E-state index contributed by atoms with van der Waals surface area (Å²) >= 11 is 0. The Hall–Kier alpha value is -3.06. The summed E-state index contributed by atoms with van der Waals surface area (Å²) in [7, 11) is 0. The molecule has 0 atom stereocenters.